The molecular formula is C32H35FO5. The van der Waals surface area contributed by atoms with Crippen LogP contribution in [0.25, 0.3) is 11.1 Å². The van der Waals surface area contributed by atoms with Crippen molar-refractivity contribution >= 4 is 5.97 Å². The summed E-state index contributed by atoms with van der Waals surface area (Å²) >= 11 is 0. The molecule has 0 bridgehead atoms. The molecule has 0 saturated carbocycles. The fourth-order valence-electron chi connectivity index (χ4n) is 5.08. The van der Waals surface area contributed by atoms with Gasteiger partial charge in [0.2, 0.25) is 0 Å². The first-order chi connectivity index (χ1) is 18.1. The third-order valence-electron chi connectivity index (χ3n) is 7.75. The second-order valence-corrected chi connectivity index (χ2v) is 10.6. The molecule has 200 valence electrons. The average Bonchev–Trinajstić information content (AvgIpc) is 3.34. The van der Waals surface area contributed by atoms with E-state index in [1.807, 2.05) is 44.2 Å². The Balaban J connectivity index is 1.65. The summed E-state index contributed by atoms with van der Waals surface area (Å²) in [5, 5.41) is 20.8. The summed E-state index contributed by atoms with van der Waals surface area (Å²) in [5.74, 6) is -0.536. The predicted molar refractivity (Wildman–Crippen MR) is 146 cm³/mol. The Kier molecular flexibility index (Phi) is 7.93. The maximum atomic E-state index is 14.9. The van der Waals surface area contributed by atoms with Crippen molar-refractivity contribution in [2.45, 2.75) is 52.2 Å². The second-order valence-electron chi connectivity index (χ2n) is 10.6. The van der Waals surface area contributed by atoms with Gasteiger partial charge >= 0.3 is 5.97 Å². The summed E-state index contributed by atoms with van der Waals surface area (Å²) in [6.07, 6.45) is 2.42. The van der Waals surface area contributed by atoms with E-state index in [9.17, 15) is 19.4 Å². The number of benzene rings is 3. The highest BCUT2D eigenvalue weighted by atomic mass is 19.1. The van der Waals surface area contributed by atoms with Gasteiger partial charge in [0.1, 0.15) is 23.9 Å². The minimum Gasteiger partial charge on any atom is -0.497 e. The van der Waals surface area contributed by atoms with Crippen LogP contribution in [0.15, 0.2) is 67.3 Å². The lowest BCUT2D eigenvalue weighted by Crippen LogP contribution is -2.20. The SMILES string of the molecule is C=CC(C)(C)[C@H](O)c1cc(COc2ccc3c(c2)[C@@H](C(C)C(=O)O)CC3)ccc1-c1cc(OC)ccc1F. The number of hydrogen-bond acceptors (Lipinski definition) is 4. The zero-order valence-electron chi connectivity index (χ0n) is 22.3. The number of aliphatic hydroxyl groups is 1. The molecular weight excluding hydrogens is 483 g/mol. The van der Waals surface area contributed by atoms with E-state index in [2.05, 4.69) is 6.58 Å². The Bertz CT molecular complexity index is 1350. The molecule has 0 aliphatic heterocycles. The second kappa shape index (κ2) is 11.0. The predicted octanol–water partition coefficient (Wildman–Crippen LogP) is 7.08. The number of aliphatic carboxylic acids is 1. The number of methoxy groups -OCH3 is 1. The molecule has 6 heteroatoms. The fourth-order valence-corrected chi connectivity index (χ4v) is 5.08. The van der Waals surface area contributed by atoms with Gasteiger partial charge in [-0.2, -0.15) is 0 Å². The summed E-state index contributed by atoms with van der Waals surface area (Å²) in [6.45, 7) is 9.59. The molecule has 0 radical (unpaired) electrons. The minimum atomic E-state index is -0.946. The van der Waals surface area contributed by atoms with E-state index < -0.39 is 29.2 Å². The highest BCUT2D eigenvalue weighted by Crippen LogP contribution is 2.42. The summed E-state index contributed by atoms with van der Waals surface area (Å²) < 4.78 is 26.3. The molecule has 1 unspecified atom stereocenters. The Morgan fingerprint density at radius 1 is 1.13 bits per heavy atom. The first kappa shape index (κ1) is 27.4. The number of carboxylic acids is 1. The van der Waals surface area contributed by atoms with Gasteiger partial charge < -0.3 is 19.7 Å². The first-order valence-corrected chi connectivity index (χ1v) is 12.8. The fraction of sp³-hybridized carbons (Fsp3) is 0.344. The van der Waals surface area contributed by atoms with Crippen LogP contribution in [-0.2, 0) is 17.8 Å². The van der Waals surface area contributed by atoms with Gasteiger partial charge in [-0.3, -0.25) is 4.79 Å². The van der Waals surface area contributed by atoms with Crippen LogP contribution in [0.5, 0.6) is 11.5 Å². The molecule has 3 aromatic rings. The number of carbonyl (C=O) groups is 1. The van der Waals surface area contributed by atoms with E-state index >= 15 is 0 Å². The van der Waals surface area contributed by atoms with Crippen LogP contribution < -0.4 is 9.47 Å². The molecule has 0 aromatic heterocycles. The summed E-state index contributed by atoms with van der Waals surface area (Å²) in [6, 6.07) is 15.9. The van der Waals surface area contributed by atoms with Crippen LogP contribution in [0.3, 0.4) is 0 Å². The number of carboxylic acid groups (broad SMARTS) is 1. The summed E-state index contributed by atoms with van der Waals surface area (Å²) in [7, 11) is 1.53. The van der Waals surface area contributed by atoms with Gasteiger partial charge in [0.15, 0.2) is 0 Å². The van der Waals surface area contributed by atoms with Crippen molar-refractivity contribution in [3.05, 3.63) is 95.3 Å². The van der Waals surface area contributed by atoms with Crippen molar-refractivity contribution in [3.8, 4) is 22.6 Å². The van der Waals surface area contributed by atoms with Gasteiger partial charge in [0.25, 0.3) is 0 Å². The molecule has 1 aliphatic carbocycles. The quantitative estimate of drug-likeness (QED) is 0.281. The van der Waals surface area contributed by atoms with Gasteiger partial charge in [-0.25, -0.2) is 4.39 Å². The standard InChI is InChI=1S/C32H35FO5/c1-6-32(3,4)30(34)28-15-20(7-12-25(28)27-16-22(37-5)11-14-29(27)33)18-38-23-10-8-21-9-13-24(26(21)17-23)19(2)31(35)36/h6-8,10-12,14-17,19,24,30,34H,1,9,13,18H2,2-5H3,(H,35,36)/t19?,24-,30-/m1/s1. The zero-order chi connectivity index (χ0) is 27.6. The van der Waals surface area contributed by atoms with Gasteiger partial charge in [0, 0.05) is 11.0 Å². The largest absolute Gasteiger partial charge is 0.497 e. The van der Waals surface area contributed by atoms with E-state index in [1.165, 1.54) is 13.2 Å². The van der Waals surface area contributed by atoms with Crippen LogP contribution in [0.2, 0.25) is 0 Å². The third kappa shape index (κ3) is 5.46. The number of halogens is 1. The van der Waals surface area contributed by atoms with Gasteiger partial charge in [-0.05, 0) is 83.0 Å². The normalized spacial score (nSPS) is 16.4. The van der Waals surface area contributed by atoms with Crippen LogP contribution in [0.4, 0.5) is 4.39 Å². The van der Waals surface area contributed by atoms with Crippen LogP contribution in [0.1, 0.15) is 61.5 Å². The Hall–Kier alpha value is -3.64. The summed E-state index contributed by atoms with van der Waals surface area (Å²) in [4.78, 5) is 11.6. The molecule has 2 N–H and O–H groups in total. The molecule has 38 heavy (non-hydrogen) atoms. The Morgan fingerprint density at radius 2 is 1.87 bits per heavy atom. The molecule has 0 saturated heterocycles. The van der Waals surface area contributed by atoms with Crippen molar-refractivity contribution < 1.29 is 28.9 Å². The highest BCUT2D eigenvalue weighted by molar-refractivity contribution is 5.72. The van der Waals surface area contributed by atoms with Crippen molar-refractivity contribution in [2.24, 2.45) is 11.3 Å². The van der Waals surface area contributed by atoms with Crippen molar-refractivity contribution in [2.75, 3.05) is 7.11 Å². The first-order valence-electron chi connectivity index (χ1n) is 12.8. The molecule has 1 aliphatic rings. The van der Waals surface area contributed by atoms with Crippen LogP contribution in [0, 0.1) is 17.2 Å². The number of fused-ring (bicyclic) bond motifs is 1. The summed E-state index contributed by atoms with van der Waals surface area (Å²) in [5.41, 5.74) is 3.80. The lowest BCUT2D eigenvalue weighted by molar-refractivity contribution is -0.141. The van der Waals surface area contributed by atoms with Gasteiger partial charge in [0.05, 0.1) is 19.1 Å². The smallest absolute Gasteiger partial charge is 0.306 e. The topological polar surface area (TPSA) is 76.0 Å². The Labute approximate surface area is 223 Å². The number of aryl methyl sites for hydroxylation is 1. The highest BCUT2D eigenvalue weighted by Gasteiger charge is 2.32. The molecule has 0 heterocycles. The maximum Gasteiger partial charge on any atom is 0.306 e. The van der Waals surface area contributed by atoms with Crippen LogP contribution >= 0.6 is 0 Å². The Morgan fingerprint density at radius 3 is 2.55 bits per heavy atom. The molecule has 0 fully saturated rings. The van der Waals surface area contributed by atoms with Gasteiger partial charge in [-0.1, -0.05) is 45.0 Å². The maximum absolute atomic E-state index is 14.9. The van der Waals surface area contributed by atoms with E-state index in [0.717, 1.165) is 29.5 Å². The van der Waals surface area contributed by atoms with E-state index in [1.54, 1.807) is 31.2 Å². The van der Waals surface area contributed by atoms with Crippen LogP contribution in [-0.4, -0.2) is 23.3 Å². The molecule has 0 spiro atoms. The third-order valence-corrected chi connectivity index (χ3v) is 7.75. The molecule has 4 rings (SSSR count). The molecule has 3 atom stereocenters. The van der Waals surface area contributed by atoms with E-state index in [4.69, 9.17) is 9.47 Å². The van der Waals surface area contributed by atoms with Crippen molar-refractivity contribution in [3.63, 3.8) is 0 Å². The lowest BCUT2D eigenvalue weighted by Gasteiger charge is -2.29. The van der Waals surface area contributed by atoms with E-state index in [-0.39, 0.29) is 12.5 Å². The number of aliphatic hydroxyl groups excluding tert-OH is 1. The number of rotatable bonds is 10. The zero-order valence-corrected chi connectivity index (χ0v) is 22.3. The molecule has 3 aromatic carbocycles. The number of hydrogen-bond donors (Lipinski definition) is 2. The molecule has 0 amide bonds. The van der Waals surface area contributed by atoms with Gasteiger partial charge in [-0.15, -0.1) is 6.58 Å². The lowest BCUT2D eigenvalue weighted by atomic mass is 9.79. The average molecular weight is 519 g/mol. The monoisotopic (exact) mass is 518 g/mol. The van der Waals surface area contributed by atoms with E-state index in [0.29, 0.717) is 28.2 Å². The minimum absolute atomic E-state index is 0.0361. The number of ether oxygens (including phenoxy) is 2. The molecule has 5 nitrogen and oxygen atoms in total. The van der Waals surface area contributed by atoms with Crippen molar-refractivity contribution in [1.29, 1.82) is 0 Å². The van der Waals surface area contributed by atoms with Crippen molar-refractivity contribution in [1.82, 2.24) is 0 Å².